The van der Waals surface area contributed by atoms with Crippen LogP contribution in [0.4, 0.5) is 5.13 Å². The number of amides is 1. The lowest BCUT2D eigenvalue weighted by atomic mass is 10.0. The zero-order chi connectivity index (χ0) is 16.5. The summed E-state index contributed by atoms with van der Waals surface area (Å²) in [5.41, 5.74) is 0.998. The minimum Gasteiger partial charge on any atom is -0.343 e. The van der Waals surface area contributed by atoms with E-state index in [0.717, 1.165) is 60.7 Å². The molecule has 0 N–H and O–H groups in total. The number of aromatic nitrogens is 3. The second-order valence-corrected chi connectivity index (χ2v) is 7.99. The normalized spacial score (nSPS) is 19.5. The van der Waals surface area contributed by atoms with Gasteiger partial charge in [-0.15, -0.1) is 5.10 Å². The molecule has 7 heteroatoms. The minimum atomic E-state index is 0.339. The van der Waals surface area contributed by atoms with Gasteiger partial charge in [-0.25, -0.2) is 9.50 Å². The van der Waals surface area contributed by atoms with E-state index in [1.807, 2.05) is 22.5 Å². The molecule has 2 fully saturated rings. The van der Waals surface area contributed by atoms with Crippen molar-refractivity contribution >= 4 is 27.3 Å². The Balaban J connectivity index is 1.29. The van der Waals surface area contributed by atoms with Crippen molar-refractivity contribution in [3.63, 3.8) is 0 Å². The summed E-state index contributed by atoms with van der Waals surface area (Å²) in [5, 5.41) is 5.62. The van der Waals surface area contributed by atoms with Crippen LogP contribution in [0.1, 0.15) is 44.2 Å². The van der Waals surface area contributed by atoms with Crippen molar-refractivity contribution in [3.8, 4) is 0 Å². The van der Waals surface area contributed by atoms with E-state index in [1.165, 1.54) is 25.7 Å². The highest BCUT2D eigenvalue weighted by molar-refractivity contribution is 7.20. The molecule has 0 unspecified atom stereocenters. The van der Waals surface area contributed by atoms with Gasteiger partial charge >= 0.3 is 0 Å². The Morgan fingerprint density at radius 2 is 2.00 bits per heavy atom. The van der Waals surface area contributed by atoms with E-state index < -0.39 is 0 Å². The molecular weight excluding hydrogens is 322 g/mol. The van der Waals surface area contributed by atoms with Gasteiger partial charge in [0.1, 0.15) is 0 Å². The smallest absolute Gasteiger partial charge is 0.222 e. The fourth-order valence-corrected chi connectivity index (χ4v) is 4.84. The molecule has 0 bridgehead atoms. The molecule has 1 aliphatic carbocycles. The summed E-state index contributed by atoms with van der Waals surface area (Å²) in [7, 11) is 0. The number of carbonyl (C=O) groups excluding carboxylic acids is 1. The predicted octanol–water partition coefficient (Wildman–Crippen LogP) is 2.72. The van der Waals surface area contributed by atoms with E-state index >= 15 is 0 Å². The van der Waals surface area contributed by atoms with Gasteiger partial charge in [-0.2, -0.15) is 0 Å². The molecule has 0 atom stereocenters. The third-order valence-electron chi connectivity index (χ3n) is 5.30. The first-order valence-corrected chi connectivity index (χ1v) is 9.86. The Bertz CT molecular complexity index is 678. The van der Waals surface area contributed by atoms with E-state index in [1.54, 1.807) is 11.3 Å². The van der Waals surface area contributed by atoms with E-state index in [2.05, 4.69) is 15.0 Å². The Kier molecular flexibility index (Phi) is 4.43. The maximum Gasteiger partial charge on any atom is 0.222 e. The van der Waals surface area contributed by atoms with Crippen molar-refractivity contribution in [2.75, 3.05) is 31.1 Å². The van der Waals surface area contributed by atoms with E-state index in [4.69, 9.17) is 0 Å². The lowest BCUT2D eigenvalue weighted by Gasteiger charge is -2.34. The zero-order valence-corrected chi connectivity index (χ0v) is 15.1. The van der Waals surface area contributed by atoms with E-state index in [9.17, 15) is 4.79 Å². The SMILES string of the molecule is Cc1cn2nc(N3CCN(C(=O)CCC4CCCC4)CC3)sc2n1. The Morgan fingerprint density at radius 1 is 1.25 bits per heavy atom. The highest BCUT2D eigenvalue weighted by Gasteiger charge is 2.24. The molecule has 1 aliphatic heterocycles. The Hall–Kier alpha value is -1.63. The molecule has 1 amide bonds. The first-order chi connectivity index (χ1) is 11.7. The molecule has 1 saturated carbocycles. The predicted molar refractivity (Wildman–Crippen MR) is 95.6 cm³/mol. The number of fused-ring (bicyclic) bond motifs is 1. The van der Waals surface area contributed by atoms with Crippen LogP contribution in [-0.2, 0) is 4.79 Å². The first-order valence-electron chi connectivity index (χ1n) is 9.04. The van der Waals surface area contributed by atoms with Crippen molar-refractivity contribution in [3.05, 3.63) is 11.9 Å². The average Bonchev–Trinajstić information content (AvgIpc) is 3.29. The average molecular weight is 347 g/mol. The highest BCUT2D eigenvalue weighted by atomic mass is 32.1. The summed E-state index contributed by atoms with van der Waals surface area (Å²) in [5.74, 6) is 1.14. The van der Waals surface area contributed by atoms with E-state index in [0.29, 0.717) is 5.91 Å². The summed E-state index contributed by atoms with van der Waals surface area (Å²) in [6.07, 6.45) is 9.14. The van der Waals surface area contributed by atoms with Crippen LogP contribution in [0.3, 0.4) is 0 Å². The zero-order valence-electron chi connectivity index (χ0n) is 14.3. The van der Waals surface area contributed by atoms with Crippen molar-refractivity contribution in [2.24, 2.45) is 5.92 Å². The summed E-state index contributed by atoms with van der Waals surface area (Å²) in [6, 6.07) is 0. The molecule has 2 aromatic heterocycles. The lowest BCUT2D eigenvalue weighted by molar-refractivity contribution is -0.131. The maximum atomic E-state index is 12.4. The maximum absolute atomic E-state index is 12.4. The number of rotatable bonds is 4. The van der Waals surface area contributed by atoms with Gasteiger partial charge in [-0.1, -0.05) is 37.0 Å². The second kappa shape index (κ2) is 6.70. The van der Waals surface area contributed by atoms with Crippen LogP contribution in [0.15, 0.2) is 6.20 Å². The number of anilines is 1. The number of nitrogens with zero attached hydrogens (tertiary/aromatic N) is 5. The number of hydrogen-bond acceptors (Lipinski definition) is 5. The van der Waals surface area contributed by atoms with Crippen LogP contribution in [0.5, 0.6) is 0 Å². The van der Waals surface area contributed by atoms with Crippen LogP contribution in [-0.4, -0.2) is 51.6 Å². The molecule has 24 heavy (non-hydrogen) atoms. The Morgan fingerprint density at radius 3 is 2.71 bits per heavy atom. The summed E-state index contributed by atoms with van der Waals surface area (Å²) < 4.78 is 1.86. The number of imidazole rings is 1. The van der Waals surface area contributed by atoms with Gasteiger partial charge in [-0.05, 0) is 19.3 Å². The fourth-order valence-electron chi connectivity index (χ4n) is 3.86. The number of aryl methyl sites for hydroxylation is 1. The molecule has 6 nitrogen and oxygen atoms in total. The minimum absolute atomic E-state index is 0.339. The van der Waals surface area contributed by atoms with Crippen molar-refractivity contribution in [1.29, 1.82) is 0 Å². The molecule has 3 heterocycles. The standard InChI is InChI=1S/C17H25N5OS/c1-13-12-22-16(18-13)24-17(19-22)21-10-8-20(9-11-21)15(23)7-6-14-4-2-3-5-14/h12,14H,2-11H2,1H3. The van der Waals surface area contributed by atoms with Crippen LogP contribution in [0, 0.1) is 12.8 Å². The molecule has 2 aliphatic rings. The second-order valence-electron chi connectivity index (χ2n) is 7.05. The molecule has 2 aromatic rings. The lowest BCUT2D eigenvalue weighted by Crippen LogP contribution is -2.48. The highest BCUT2D eigenvalue weighted by Crippen LogP contribution is 2.29. The van der Waals surface area contributed by atoms with Crippen molar-refractivity contribution in [1.82, 2.24) is 19.5 Å². The van der Waals surface area contributed by atoms with Crippen LogP contribution in [0.2, 0.25) is 0 Å². The molecular formula is C17H25N5OS. The third kappa shape index (κ3) is 3.27. The number of carbonyl (C=O) groups is 1. The molecule has 0 radical (unpaired) electrons. The topological polar surface area (TPSA) is 53.7 Å². The molecule has 4 rings (SSSR count). The molecule has 130 valence electrons. The molecule has 1 saturated heterocycles. The van der Waals surface area contributed by atoms with Gasteiger partial charge in [0, 0.05) is 32.6 Å². The molecule has 0 spiro atoms. The van der Waals surface area contributed by atoms with Crippen LogP contribution >= 0.6 is 11.3 Å². The van der Waals surface area contributed by atoms with Gasteiger partial charge in [0.25, 0.3) is 0 Å². The number of hydrogen-bond donors (Lipinski definition) is 0. The summed E-state index contributed by atoms with van der Waals surface area (Å²) >= 11 is 1.62. The summed E-state index contributed by atoms with van der Waals surface area (Å²) in [6.45, 7) is 5.33. The van der Waals surface area contributed by atoms with Gasteiger partial charge < -0.3 is 9.80 Å². The van der Waals surface area contributed by atoms with Crippen molar-refractivity contribution in [2.45, 2.75) is 45.4 Å². The monoisotopic (exact) mass is 347 g/mol. The van der Waals surface area contributed by atoms with Crippen LogP contribution < -0.4 is 4.90 Å². The Labute approximate surface area is 146 Å². The fraction of sp³-hybridized carbons (Fsp3) is 0.706. The van der Waals surface area contributed by atoms with Gasteiger partial charge in [-0.3, -0.25) is 4.79 Å². The largest absolute Gasteiger partial charge is 0.343 e. The number of piperazine rings is 1. The first kappa shape index (κ1) is 15.9. The van der Waals surface area contributed by atoms with Crippen molar-refractivity contribution < 1.29 is 4.79 Å². The van der Waals surface area contributed by atoms with Crippen LogP contribution in [0.25, 0.3) is 4.96 Å². The van der Waals surface area contributed by atoms with Gasteiger partial charge in [0.15, 0.2) is 0 Å². The quantitative estimate of drug-likeness (QED) is 0.853. The summed E-state index contributed by atoms with van der Waals surface area (Å²) in [4.78, 5) is 22.1. The van der Waals surface area contributed by atoms with E-state index in [-0.39, 0.29) is 0 Å². The third-order valence-corrected chi connectivity index (χ3v) is 6.28. The van der Waals surface area contributed by atoms with Gasteiger partial charge in [0.2, 0.25) is 16.0 Å². The van der Waals surface area contributed by atoms with Gasteiger partial charge in [0.05, 0.1) is 11.9 Å². The molecule has 0 aromatic carbocycles.